The fourth-order valence-corrected chi connectivity index (χ4v) is 3.48. The number of hydrogen-bond donors (Lipinski definition) is 2. The number of nitrogens with zero attached hydrogens (tertiary/aromatic N) is 2. The van der Waals surface area contributed by atoms with E-state index in [-0.39, 0.29) is 0 Å². The smallest absolute Gasteiger partial charge is 0.204 e. The van der Waals surface area contributed by atoms with Crippen LogP contribution in [-0.2, 0) is 0 Å². The molecule has 2 heterocycles. The minimum Gasteiger partial charge on any atom is -0.490 e. The Kier molecular flexibility index (Phi) is 4.74. The molecule has 2 rings (SSSR count). The normalized spacial score (nSPS) is 22.3. The topological polar surface area (TPSA) is 59.1 Å². The molecule has 1 fully saturated rings. The van der Waals surface area contributed by atoms with E-state index in [9.17, 15) is 0 Å². The number of anilines is 2. The van der Waals surface area contributed by atoms with Gasteiger partial charge in [0.05, 0.1) is 7.11 Å². The van der Waals surface area contributed by atoms with Crippen molar-refractivity contribution in [2.24, 2.45) is 0 Å². The largest absolute Gasteiger partial charge is 0.490 e. The highest BCUT2D eigenvalue weighted by Crippen LogP contribution is 2.38. The molecule has 1 aliphatic heterocycles. The standard InChI is InChI=1S/C13H22N4OS/c1-4-14-11-10(18-3)12(17-9-16-11)15-8-13(2)6-5-7-19-13/h9H,4-8H2,1-3H3,(H2,14,15,16,17). The van der Waals surface area contributed by atoms with E-state index in [0.29, 0.717) is 10.5 Å². The summed E-state index contributed by atoms with van der Waals surface area (Å²) in [6.07, 6.45) is 4.11. The molecule has 106 valence electrons. The summed E-state index contributed by atoms with van der Waals surface area (Å²) in [6.45, 7) is 6.04. The molecule has 0 radical (unpaired) electrons. The third kappa shape index (κ3) is 3.43. The monoisotopic (exact) mass is 282 g/mol. The summed E-state index contributed by atoms with van der Waals surface area (Å²) in [5.74, 6) is 3.45. The van der Waals surface area contributed by atoms with Crippen LogP contribution in [0.3, 0.4) is 0 Å². The van der Waals surface area contributed by atoms with Gasteiger partial charge in [0.1, 0.15) is 6.33 Å². The van der Waals surface area contributed by atoms with Crippen LogP contribution in [0.25, 0.3) is 0 Å². The first-order chi connectivity index (χ1) is 9.18. The Labute approximate surface area is 118 Å². The number of rotatable bonds is 6. The molecule has 1 unspecified atom stereocenters. The number of hydrogen-bond acceptors (Lipinski definition) is 6. The van der Waals surface area contributed by atoms with Gasteiger partial charge in [-0.3, -0.25) is 0 Å². The van der Waals surface area contributed by atoms with Crippen molar-refractivity contribution in [1.29, 1.82) is 0 Å². The first-order valence-electron chi connectivity index (χ1n) is 6.69. The summed E-state index contributed by atoms with van der Waals surface area (Å²) in [5.41, 5.74) is 0. The molecule has 1 aromatic heterocycles. The van der Waals surface area contributed by atoms with Crippen LogP contribution >= 0.6 is 11.8 Å². The highest BCUT2D eigenvalue weighted by molar-refractivity contribution is 8.00. The molecule has 19 heavy (non-hydrogen) atoms. The van der Waals surface area contributed by atoms with Gasteiger partial charge in [0.2, 0.25) is 5.75 Å². The average Bonchev–Trinajstić information content (AvgIpc) is 2.84. The van der Waals surface area contributed by atoms with Crippen LogP contribution in [0.4, 0.5) is 11.6 Å². The van der Waals surface area contributed by atoms with E-state index in [4.69, 9.17) is 4.74 Å². The van der Waals surface area contributed by atoms with E-state index in [2.05, 4.69) is 27.5 Å². The van der Waals surface area contributed by atoms with Gasteiger partial charge in [0.25, 0.3) is 0 Å². The Morgan fingerprint density at radius 3 is 2.68 bits per heavy atom. The highest BCUT2D eigenvalue weighted by atomic mass is 32.2. The summed E-state index contributed by atoms with van der Waals surface area (Å²) in [4.78, 5) is 8.49. The van der Waals surface area contributed by atoms with E-state index in [1.807, 2.05) is 18.7 Å². The van der Waals surface area contributed by atoms with Crippen LogP contribution in [0.2, 0.25) is 0 Å². The fourth-order valence-electron chi connectivity index (χ4n) is 2.23. The van der Waals surface area contributed by atoms with E-state index >= 15 is 0 Å². The van der Waals surface area contributed by atoms with Gasteiger partial charge in [-0.2, -0.15) is 11.8 Å². The lowest BCUT2D eigenvalue weighted by Gasteiger charge is -2.24. The lowest BCUT2D eigenvalue weighted by Crippen LogP contribution is -2.27. The molecule has 0 saturated carbocycles. The molecule has 0 spiro atoms. The number of thioether (sulfide) groups is 1. The molecule has 0 aliphatic carbocycles. The summed E-state index contributed by atoms with van der Waals surface area (Å²) in [7, 11) is 1.65. The molecule has 1 aromatic rings. The van der Waals surface area contributed by atoms with Gasteiger partial charge in [0.15, 0.2) is 11.6 Å². The summed E-state index contributed by atoms with van der Waals surface area (Å²) in [5, 5.41) is 6.59. The summed E-state index contributed by atoms with van der Waals surface area (Å²) < 4.78 is 5.72. The number of aromatic nitrogens is 2. The Balaban J connectivity index is 2.08. The Hall–Kier alpha value is -1.17. The van der Waals surface area contributed by atoms with Crippen LogP contribution in [0, 0.1) is 0 Å². The van der Waals surface area contributed by atoms with E-state index < -0.39 is 0 Å². The van der Waals surface area contributed by atoms with Crippen molar-refractivity contribution in [3.05, 3.63) is 6.33 Å². The quantitative estimate of drug-likeness (QED) is 0.836. The summed E-state index contributed by atoms with van der Waals surface area (Å²) in [6, 6.07) is 0. The molecule has 5 nitrogen and oxygen atoms in total. The highest BCUT2D eigenvalue weighted by Gasteiger charge is 2.29. The molecule has 1 atom stereocenters. The molecule has 6 heteroatoms. The third-order valence-corrected chi connectivity index (χ3v) is 4.82. The lowest BCUT2D eigenvalue weighted by atomic mass is 10.1. The average molecular weight is 282 g/mol. The molecule has 1 aliphatic rings. The Bertz CT molecular complexity index is 421. The van der Waals surface area contributed by atoms with Gasteiger partial charge in [-0.05, 0) is 32.4 Å². The molecular formula is C13H22N4OS. The number of nitrogens with one attached hydrogen (secondary N) is 2. The van der Waals surface area contributed by atoms with Crippen molar-refractivity contribution in [3.8, 4) is 5.75 Å². The lowest BCUT2D eigenvalue weighted by molar-refractivity contribution is 0.414. The maximum absolute atomic E-state index is 5.42. The predicted octanol–water partition coefficient (Wildman–Crippen LogP) is 2.61. The van der Waals surface area contributed by atoms with Gasteiger partial charge in [0, 0.05) is 17.8 Å². The maximum atomic E-state index is 5.42. The van der Waals surface area contributed by atoms with Crippen LogP contribution < -0.4 is 15.4 Å². The van der Waals surface area contributed by atoms with E-state index in [1.165, 1.54) is 18.6 Å². The molecule has 0 aromatic carbocycles. The molecule has 1 saturated heterocycles. The minimum atomic E-state index is 0.300. The van der Waals surface area contributed by atoms with Crippen molar-refractivity contribution < 1.29 is 4.74 Å². The molecule has 0 amide bonds. The van der Waals surface area contributed by atoms with Crippen molar-refractivity contribution >= 4 is 23.4 Å². The van der Waals surface area contributed by atoms with Crippen LogP contribution in [0.15, 0.2) is 6.33 Å². The second kappa shape index (κ2) is 6.32. The van der Waals surface area contributed by atoms with Gasteiger partial charge in [-0.1, -0.05) is 0 Å². The zero-order valence-electron chi connectivity index (χ0n) is 11.8. The second-order valence-corrected chi connectivity index (χ2v) is 6.57. The third-order valence-electron chi connectivity index (χ3n) is 3.28. The van der Waals surface area contributed by atoms with Crippen molar-refractivity contribution in [2.45, 2.75) is 31.4 Å². The first kappa shape index (κ1) is 14.2. The van der Waals surface area contributed by atoms with E-state index in [1.54, 1.807) is 13.4 Å². The van der Waals surface area contributed by atoms with Gasteiger partial charge in [-0.25, -0.2) is 9.97 Å². The predicted molar refractivity (Wildman–Crippen MR) is 81.3 cm³/mol. The Morgan fingerprint density at radius 1 is 1.37 bits per heavy atom. The van der Waals surface area contributed by atoms with Crippen LogP contribution in [-0.4, -0.2) is 40.7 Å². The van der Waals surface area contributed by atoms with Crippen LogP contribution in [0.5, 0.6) is 5.75 Å². The first-order valence-corrected chi connectivity index (χ1v) is 7.68. The summed E-state index contributed by atoms with van der Waals surface area (Å²) >= 11 is 2.03. The molecular weight excluding hydrogens is 260 g/mol. The number of ether oxygens (including phenoxy) is 1. The van der Waals surface area contributed by atoms with E-state index in [0.717, 1.165) is 24.7 Å². The molecule has 2 N–H and O–H groups in total. The van der Waals surface area contributed by atoms with Crippen LogP contribution in [0.1, 0.15) is 26.7 Å². The second-order valence-electron chi connectivity index (χ2n) is 4.89. The maximum Gasteiger partial charge on any atom is 0.204 e. The minimum absolute atomic E-state index is 0.300. The van der Waals surface area contributed by atoms with Gasteiger partial charge in [-0.15, -0.1) is 0 Å². The van der Waals surface area contributed by atoms with Gasteiger partial charge >= 0.3 is 0 Å². The molecule has 0 bridgehead atoms. The fraction of sp³-hybridized carbons (Fsp3) is 0.692. The van der Waals surface area contributed by atoms with Crippen molar-refractivity contribution in [3.63, 3.8) is 0 Å². The number of methoxy groups -OCH3 is 1. The van der Waals surface area contributed by atoms with Crippen molar-refractivity contribution in [1.82, 2.24) is 9.97 Å². The zero-order chi connectivity index (χ0) is 13.7. The SMILES string of the molecule is CCNc1ncnc(NCC2(C)CCCS2)c1OC. The zero-order valence-corrected chi connectivity index (χ0v) is 12.6. The van der Waals surface area contributed by atoms with Crippen molar-refractivity contribution in [2.75, 3.05) is 36.6 Å². The Morgan fingerprint density at radius 2 is 2.11 bits per heavy atom. The van der Waals surface area contributed by atoms with Gasteiger partial charge < -0.3 is 15.4 Å².